The molecule has 0 spiro atoms. The van der Waals surface area contributed by atoms with Crippen LogP contribution < -0.4 is 0 Å². The number of hydrogen-bond acceptors (Lipinski definition) is 0. The molecule has 0 aliphatic heterocycles. The fraction of sp³-hybridized carbons (Fsp3) is 0.500. The summed E-state index contributed by atoms with van der Waals surface area (Å²) in [7, 11) is 0. The van der Waals surface area contributed by atoms with Crippen molar-refractivity contribution in [2.24, 2.45) is 0 Å². The van der Waals surface area contributed by atoms with Gasteiger partial charge in [0.15, 0.2) is 0 Å². The van der Waals surface area contributed by atoms with Crippen LogP contribution in [0.2, 0.25) is 0 Å². The number of benzene rings is 1. The molecule has 2 heteroatoms. The first-order valence-electron chi connectivity index (χ1n) is 5.17. The van der Waals surface area contributed by atoms with E-state index in [0.717, 1.165) is 6.07 Å². The maximum Gasteiger partial charge on any atom is 0.126 e. The second-order valence-electron chi connectivity index (χ2n) is 2.13. The Hall–Kier alpha value is -0.920. The molecule has 0 aromatic heterocycles. The molecule has 0 aliphatic rings. The van der Waals surface area contributed by atoms with Crippen molar-refractivity contribution < 1.29 is 8.78 Å². The van der Waals surface area contributed by atoms with Gasteiger partial charge in [0.2, 0.25) is 0 Å². The number of halogens is 2. The maximum atomic E-state index is 12.4. The van der Waals surface area contributed by atoms with Gasteiger partial charge in [-0.2, -0.15) is 0 Å². The summed E-state index contributed by atoms with van der Waals surface area (Å²) in [5.74, 6) is -1.01. The van der Waals surface area contributed by atoms with Crippen LogP contribution in [0.25, 0.3) is 0 Å². The highest BCUT2D eigenvalue weighted by Gasteiger charge is 1.96. The number of aryl methyl sites for hydroxylation is 1. The van der Waals surface area contributed by atoms with E-state index in [2.05, 4.69) is 0 Å². The second-order valence-corrected chi connectivity index (χ2v) is 2.13. The fourth-order valence-electron chi connectivity index (χ4n) is 0.815. The van der Waals surface area contributed by atoms with Gasteiger partial charge in [0.25, 0.3) is 0 Å². The van der Waals surface area contributed by atoms with Crippen LogP contribution in [0.15, 0.2) is 18.2 Å². The molecule has 0 atom stereocenters. The van der Waals surface area contributed by atoms with Gasteiger partial charge >= 0.3 is 0 Å². The molecule has 0 saturated carbocycles. The van der Waals surface area contributed by atoms with Crippen molar-refractivity contribution in [1.29, 1.82) is 0 Å². The van der Waals surface area contributed by atoms with E-state index in [4.69, 9.17) is 0 Å². The molecule has 0 aliphatic carbocycles. The molecule has 82 valence electrons. The molecular weight excluding hydrogens is 182 g/mol. The Morgan fingerprint density at radius 1 is 0.857 bits per heavy atom. The molecule has 14 heavy (non-hydrogen) atoms. The summed E-state index contributed by atoms with van der Waals surface area (Å²) in [6.07, 6.45) is 0.661. The van der Waals surface area contributed by atoms with Crippen LogP contribution in [0.4, 0.5) is 8.78 Å². The summed E-state index contributed by atoms with van der Waals surface area (Å²) in [5, 5.41) is 0. The van der Waals surface area contributed by atoms with Gasteiger partial charge in [0, 0.05) is 6.07 Å². The topological polar surface area (TPSA) is 0 Å². The van der Waals surface area contributed by atoms with E-state index in [-0.39, 0.29) is 0 Å². The molecule has 0 fully saturated rings. The summed E-state index contributed by atoms with van der Waals surface area (Å²) in [6, 6.07) is 3.55. The lowest BCUT2D eigenvalue weighted by Gasteiger charge is -1.95. The minimum Gasteiger partial charge on any atom is -0.207 e. The first kappa shape index (κ1) is 15.5. The van der Waals surface area contributed by atoms with Gasteiger partial charge in [0.05, 0.1) is 0 Å². The second kappa shape index (κ2) is 10.2. The van der Waals surface area contributed by atoms with Crippen LogP contribution in [-0.4, -0.2) is 0 Å². The highest BCUT2D eigenvalue weighted by atomic mass is 19.1. The highest BCUT2D eigenvalue weighted by molar-refractivity contribution is 5.17. The van der Waals surface area contributed by atoms with Crippen LogP contribution in [0.1, 0.15) is 40.2 Å². The van der Waals surface area contributed by atoms with Crippen LogP contribution >= 0.6 is 0 Å². The minimum atomic E-state index is -0.503. The molecule has 0 N–H and O–H groups in total. The van der Waals surface area contributed by atoms with Gasteiger partial charge in [-0.1, -0.05) is 34.6 Å². The van der Waals surface area contributed by atoms with Crippen LogP contribution in [0.5, 0.6) is 0 Å². The lowest BCUT2D eigenvalue weighted by molar-refractivity contribution is 0.580. The molecule has 1 rings (SSSR count). The molecule has 0 saturated heterocycles. The fourth-order valence-corrected chi connectivity index (χ4v) is 0.815. The summed E-state index contributed by atoms with van der Waals surface area (Å²) >= 11 is 0. The Morgan fingerprint density at radius 3 is 1.50 bits per heavy atom. The average molecular weight is 202 g/mol. The van der Waals surface area contributed by atoms with E-state index in [1.54, 1.807) is 0 Å². The van der Waals surface area contributed by atoms with Crippen molar-refractivity contribution in [2.45, 2.75) is 41.0 Å². The van der Waals surface area contributed by atoms with Crippen LogP contribution in [0.3, 0.4) is 0 Å². The van der Waals surface area contributed by atoms with Crippen molar-refractivity contribution in [3.05, 3.63) is 35.4 Å². The summed E-state index contributed by atoms with van der Waals surface area (Å²) in [6.45, 7) is 9.86. The first-order chi connectivity index (χ1) is 6.72. The number of rotatable bonds is 1. The van der Waals surface area contributed by atoms with Gasteiger partial charge < -0.3 is 0 Å². The Labute approximate surface area is 86.0 Å². The van der Waals surface area contributed by atoms with Gasteiger partial charge in [-0.15, -0.1) is 0 Å². The lowest BCUT2D eigenvalue weighted by Crippen LogP contribution is -1.84. The smallest absolute Gasteiger partial charge is 0.126 e. The molecule has 1 aromatic carbocycles. The zero-order valence-electron chi connectivity index (χ0n) is 9.70. The molecule has 0 heterocycles. The third kappa shape index (κ3) is 6.58. The predicted octanol–water partition coefficient (Wildman–Crippen LogP) is 4.58. The average Bonchev–Trinajstić information content (AvgIpc) is 2.22. The third-order valence-electron chi connectivity index (χ3n) is 1.33. The van der Waals surface area contributed by atoms with Crippen molar-refractivity contribution in [3.63, 3.8) is 0 Å². The van der Waals surface area contributed by atoms with Crippen LogP contribution in [0, 0.1) is 11.6 Å². The quantitative estimate of drug-likeness (QED) is 0.625. The minimum absolute atomic E-state index is 0.503. The molecule has 0 unspecified atom stereocenters. The van der Waals surface area contributed by atoms with Crippen molar-refractivity contribution >= 4 is 0 Å². The van der Waals surface area contributed by atoms with Crippen molar-refractivity contribution in [1.82, 2.24) is 0 Å². The maximum absolute atomic E-state index is 12.4. The monoisotopic (exact) mass is 202 g/mol. The van der Waals surface area contributed by atoms with Gasteiger partial charge in [-0.3, -0.25) is 0 Å². The van der Waals surface area contributed by atoms with Crippen molar-refractivity contribution in [3.8, 4) is 0 Å². The van der Waals surface area contributed by atoms with E-state index in [9.17, 15) is 8.78 Å². The predicted molar refractivity (Wildman–Crippen MR) is 58.4 cm³/mol. The van der Waals surface area contributed by atoms with Gasteiger partial charge in [-0.05, 0) is 24.1 Å². The molecule has 0 amide bonds. The SMILES string of the molecule is CC.CC.CCc1cc(F)cc(F)c1. The largest absolute Gasteiger partial charge is 0.207 e. The lowest BCUT2D eigenvalue weighted by atomic mass is 10.2. The summed E-state index contributed by atoms with van der Waals surface area (Å²) < 4.78 is 24.8. The Bertz CT molecular complexity index is 212. The van der Waals surface area contributed by atoms with E-state index in [1.165, 1.54) is 12.1 Å². The molecule has 0 nitrogen and oxygen atoms in total. The normalized spacial score (nSPS) is 7.93. The zero-order chi connectivity index (χ0) is 11.6. The van der Waals surface area contributed by atoms with E-state index >= 15 is 0 Å². The van der Waals surface area contributed by atoms with Crippen LogP contribution in [-0.2, 0) is 6.42 Å². The molecular formula is C12H20F2. The Morgan fingerprint density at radius 2 is 1.21 bits per heavy atom. The Kier molecular flexibility index (Phi) is 11.3. The number of hydrogen-bond donors (Lipinski definition) is 0. The van der Waals surface area contributed by atoms with Gasteiger partial charge in [0.1, 0.15) is 11.6 Å². The van der Waals surface area contributed by atoms with Crippen molar-refractivity contribution in [2.75, 3.05) is 0 Å². The molecule has 0 bridgehead atoms. The van der Waals surface area contributed by atoms with E-state index in [0.29, 0.717) is 12.0 Å². The van der Waals surface area contributed by atoms with Gasteiger partial charge in [-0.25, -0.2) is 8.78 Å². The highest BCUT2D eigenvalue weighted by Crippen LogP contribution is 2.07. The van der Waals surface area contributed by atoms with E-state index < -0.39 is 11.6 Å². The van der Waals surface area contributed by atoms with E-state index in [1.807, 2.05) is 34.6 Å². The molecule has 1 aromatic rings. The summed E-state index contributed by atoms with van der Waals surface area (Å²) in [5.41, 5.74) is 0.692. The first-order valence-corrected chi connectivity index (χ1v) is 5.17. The summed E-state index contributed by atoms with van der Waals surface area (Å²) in [4.78, 5) is 0. The standard InChI is InChI=1S/C8H8F2.2C2H6/c1-2-6-3-7(9)5-8(10)4-6;2*1-2/h3-5H,2H2,1H3;2*1-2H3. The Balaban J connectivity index is 0. The molecule has 0 radical (unpaired) electrons. The zero-order valence-corrected chi connectivity index (χ0v) is 9.70. The third-order valence-corrected chi connectivity index (χ3v) is 1.33.